The van der Waals surface area contributed by atoms with Gasteiger partial charge in [0.25, 0.3) is 0 Å². The third-order valence-corrected chi connectivity index (χ3v) is 6.76. The van der Waals surface area contributed by atoms with Crippen molar-refractivity contribution in [1.82, 2.24) is 24.8 Å². The molecule has 4 aromatic rings. The van der Waals surface area contributed by atoms with Crippen molar-refractivity contribution in [1.29, 1.82) is 0 Å². The van der Waals surface area contributed by atoms with Crippen molar-refractivity contribution >= 4 is 44.9 Å². The zero-order valence-corrected chi connectivity index (χ0v) is 19.0. The Kier molecular flexibility index (Phi) is 5.59. The van der Waals surface area contributed by atoms with E-state index in [1.807, 2.05) is 59.6 Å². The largest absolute Gasteiger partial charge is 0.465 e. The number of esters is 1. The standard InChI is InChI=1S/C23H21N5O2S2/c1-2-30-19(29)14-28-21(20(26-22(28)31)16-9-5-6-12-24-16)17-10-7-13-27(17)23-25-15-8-3-4-11-18(15)32-23/h3-13,20-21H,2,14H2,1H3,(H,26,31). The van der Waals surface area contributed by atoms with Gasteiger partial charge in [-0.15, -0.1) is 0 Å². The second-order valence-electron chi connectivity index (χ2n) is 7.33. The summed E-state index contributed by atoms with van der Waals surface area (Å²) in [6.07, 6.45) is 3.75. The van der Waals surface area contributed by atoms with E-state index in [0.29, 0.717) is 11.7 Å². The molecule has 0 aliphatic carbocycles. The van der Waals surface area contributed by atoms with E-state index in [1.165, 1.54) is 0 Å². The summed E-state index contributed by atoms with van der Waals surface area (Å²) in [5, 5.41) is 4.73. The molecule has 1 fully saturated rings. The molecule has 7 nitrogen and oxygen atoms in total. The highest BCUT2D eigenvalue weighted by molar-refractivity contribution is 7.80. The van der Waals surface area contributed by atoms with E-state index >= 15 is 0 Å². The second kappa shape index (κ2) is 8.68. The number of hydrogen-bond acceptors (Lipinski definition) is 6. The van der Waals surface area contributed by atoms with E-state index in [0.717, 1.165) is 26.7 Å². The average Bonchev–Trinajstić information content (AvgIpc) is 3.51. The number of nitrogens with zero attached hydrogens (tertiary/aromatic N) is 4. The van der Waals surface area contributed by atoms with Crippen LogP contribution in [0.5, 0.6) is 0 Å². The van der Waals surface area contributed by atoms with Crippen molar-refractivity contribution in [3.8, 4) is 5.13 Å². The number of benzene rings is 1. The number of para-hydroxylation sites is 1. The van der Waals surface area contributed by atoms with Crippen LogP contribution in [-0.2, 0) is 9.53 Å². The van der Waals surface area contributed by atoms with E-state index < -0.39 is 0 Å². The number of rotatable bonds is 6. The van der Waals surface area contributed by atoms with Crippen molar-refractivity contribution in [2.24, 2.45) is 0 Å². The number of hydrogen-bond donors (Lipinski definition) is 1. The highest BCUT2D eigenvalue weighted by atomic mass is 32.1. The molecule has 2 atom stereocenters. The fraction of sp³-hybridized carbons (Fsp3) is 0.217. The average molecular weight is 464 g/mol. The van der Waals surface area contributed by atoms with Crippen LogP contribution >= 0.6 is 23.6 Å². The van der Waals surface area contributed by atoms with E-state index in [9.17, 15) is 4.79 Å². The summed E-state index contributed by atoms with van der Waals surface area (Å²) in [6.45, 7) is 2.17. The molecule has 1 aliphatic rings. The summed E-state index contributed by atoms with van der Waals surface area (Å²) in [6, 6.07) is 17.4. The lowest BCUT2D eigenvalue weighted by Crippen LogP contribution is -2.36. The molecule has 0 saturated carbocycles. The van der Waals surface area contributed by atoms with Crippen LogP contribution in [0.25, 0.3) is 15.3 Å². The monoisotopic (exact) mass is 463 g/mol. The van der Waals surface area contributed by atoms with Crippen LogP contribution in [0.15, 0.2) is 67.0 Å². The van der Waals surface area contributed by atoms with Gasteiger partial charge < -0.3 is 15.0 Å². The van der Waals surface area contributed by atoms with Crippen LogP contribution in [0.2, 0.25) is 0 Å². The Hall–Kier alpha value is -3.30. The first-order valence-corrected chi connectivity index (χ1v) is 11.5. The molecule has 1 N–H and O–H groups in total. The fourth-order valence-electron chi connectivity index (χ4n) is 4.02. The van der Waals surface area contributed by atoms with Gasteiger partial charge >= 0.3 is 5.97 Å². The molecule has 0 bridgehead atoms. The summed E-state index contributed by atoms with van der Waals surface area (Å²) in [7, 11) is 0. The first-order chi connectivity index (χ1) is 15.7. The minimum atomic E-state index is -0.318. The Morgan fingerprint density at radius 2 is 2.03 bits per heavy atom. The molecule has 0 radical (unpaired) electrons. The molecule has 1 saturated heterocycles. The zero-order valence-electron chi connectivity index (χ0n) is 17.3. The molecule has 2 unspecified atom stereocenters. The molecular weight excluding hydrogens is 442 g/mol. The van der Waals surface area contributed by atoms with Crippen LogP contribution in [0, 0.1) is 0 Å². The van der Waals surface area contributed by atoms with Crippen LogP contribution in [0.3, 0.4) is 0 Å². The third-order valence-electron chi connectivity index (χ3n) is 5.37. The molecule has 1 aromatic carbocycles. The first-order valence-electron chi connectivity index (χ1n) is 10.3. The van der Waals surface area contributed by atoms with Gasteiger partial charge in [-0.1, -0.05) is 29.5 Å². The quantitative estimate of drug-likeness (QED) is 0.342. The maximum atomic E-state index is 12.4. The second-order valence-corrected chi connectivity index (χ2v) is 8.72. The smallest absolute Gasteiger partial charge is 0.325 e. The molecule has 9 heteroatoms. The summed E-state index contributed by atoms with van der Waals surface area (Å²) < 4.78 is 8.40. The lowest BCUT2D eigenvalue weighted by Gasteiger charge is -2.27. The number of carbonyl (C=O) groups excluding carboxylic acids is 1. The van der Waals surface area contributed by atoms with Crippen molar-refractivity contribution in [2.75, 3.05) is 13.2 Å². The van der Waals surface area contributed by atoms with Crippen LogP contribution in [-0.4, -0.2) is 43.7 Å². The van der Waals surface area contributed by atoms with Gasteiger partial charge in [0.1, 0.15) is 6.54 Å². The zero-order chi connectivity index (χ0) is 22.1. The Morgan fingerprint density at radius 1 is 1.19 bits per heavy atom. The molecule has 3 aromatic heterocycles. The fourth-order valence-corrected chi connectivity index (χ4v) is 5.29. The minimum absolute atomic E-state index is 0.0543. The SMILES string of the molecule is CCOC(=O)CN1C(=S)NC(c2ccccn2)C1c1cccn1-c1nc2ccccc2s1. The van der Waals surface area contributed by atoms with Gasteiger partial charge in [-0.05, 0) is 55.5 Å². The normalized spacial score (nSPS) is 18.2. The Morgan fingerprint density at radius 3 is 2.81 bits per heavy atom. The first kappa shape index (κ1) is 20.6. The minimum Gasteiger partial charge on any atom is -0.465 e. The number of pyridine rings is 1. The molecule has 4 heterocycles. The lowest BCUT2D eigenvalue weighted by molar-refractivity contribution is -0.143. The predicted octanol–water partition coefficient (Wildman–Crippen LogP) is 4.02. The maximum absolute atomic E-state index is 12.4. The van der Waals surface area contributed by atoms with Gasteiger partial charge in [0.15, 0.2) is 10.2 Å². The number of ether oxygens (including phenoxy) is 1. The van der Waals surface area contributed by atoms with E-state index in [2.05, 4.69) is 20.9 Å². The Labute approximate surface area is 194 Å². The van der Waals surface area contributed by atoms with E-state index in [-0.39, 0.29) is 24.6 Å². The summed E-state index contributed by atoms with van der Waals surface area (Å²) in [5.41, 5.74) is 2.77. The summed E-state index contributed by atoms with van der Waals surface area (Å²) in [5.74, 6) is -0.318. The van der Waals surface area contributed by atoms with Gasteiger partial charge in [0.05, 0.1) is 40.3 Å². The number of nitrogens with one attached hydrogen (secondary N) is 1. The van der Waals surface area contributed by atoms with Crippen molar-refractivity contribution in [3.05, 3.63) is 78.4 Å². The van der Waals surface area contributed by atoms with E-state index in [4.69, 9.17) is 21.9 Å². The number of aromatic nitrogens is 3. The van der Waals surface area contributed by atoms with Crippen LogP contribution in [0.1, 0.15) is 30.4 Å². The topological polar surface area (TPSA) is 72.3 Å². The maximum Gasteiger partial charge on any atom is 0.325 e. The van der Waals surface area contributed by atoms with Crippen LogP contribution < -0.4 is 5.32 Å². The summed E-state index contributed by atoms with van der Waals surface area (Å²) in [4.78, 5) is 23.6. The van der Waals surface area contributed by atoms with Crippen molar-refractivity contribution in [3.63, 3.8) is 0 Å². The van der Waals surface area contributed by atoms with Crippen molar-refractivity contribution in [2.45, 2.75) is 19.0 Å². The van der Waals surface area contributed by atoms with Crippen LogP contribution in [0.4, 0.5) is 0 Å². The number of thiazole rings is 1. The molecule has 162 valence electrons. The highest BCUT2D eigenvalue weighted by Crippen LogP contribution is 2.40. The van der Waals surface area contributed by atoms with Gasteiger partial charge in [0.2, 0.25) is 0 Å². The highest BCUT2D eigenvalue weighted by Gasteiger charge is 2.42. The van der Waals surface area contributed by atoms with Gasteiger partial charge in [-0.3, -0.25) is 14.3 Å². The van der Waals surface area contributed by atoms with Gasteiger partial charge in [-0.2, -0.15) is 0 Å². The molecule has 0 amide bonds. The summed E-state index contributed by atoms with van der Waals surface area (Å²) >= 11 is 7.26. The van der Waals surface area contributed by atoms with Crippen molar-refractivity contribution < 1.29 is 9.53 Å². The van der Waals surface area contributed by atoms with Gasteiger partial charge in [-0.25, -0.2) is 4.98 Å². The molecular formula is C23H21N5O2S2. The number of fused-ring (bicyclic) bond motifs is 1. The molecule has 1 aliphatic heterocycles. The number of thiocarbonyl (C=S) groups is 1. The lowest BCUT2D eigenvalue weighted by atomic mass is 10.0. The molecule has 0 spiro atoms. The number of carbonyl (C=O) groups is 1. The Bertz CT molecular complexity index is 1240. The molecule has 5 rings (SSSR count). The van der Waals surface area contributed by atoms with Gasteiger partial charge in [0, 0.05) is 12.4 Å². The predicted molar refractivity (Wildman–Crippen MR) is 128 cm³/mol. The Balaban J connectivity index is 1.59. The third kappa shape index (κ3) is 3.74. The van der Waals surface area contributed by atoms with E-state index in [1.54, 1.807) is 24.5 Å². The molecule has 32 heavy (non-hydrogen) atoms.